The minimum atomic E-state index is 1.25. The van der Waals surface area contributed by atoms with Crippen LogP contribution in [0.2, 0.25) is 0 Å². The van der Waals surface area contributed by atoms with E-state index in [1.54, 1.807) is 0 Å². The summed E-state index contributed by atoms with van der Waals surface area (Å²) in [5, 5.41) is 6.27. The molecule has 2 N–H and O–H groups in total. The molecule has 0 unspecified atom stereocenters. The molecule has 2 heterocycles. The molecule has 14 heavy (non-hydrogen) atoms. The van der Waals surface area contributed by atoms with E-state index in [1.807, 2.05) is 36.7 Å². The first kappa shape index (κ1) is 11.1. The summed E-state index contributed by atoms with van der Waals surface area (Å²) in [6, 6.07) is 0. The van der Waals surface area contributed by atoms with Crippen LogP contribution < -0.4 is 10.6 Å². The molecule has 1 saturated heterocycles. The fraction of sp³-hybridized carbons (Fsp3) is 0.500. The van der Waals surface area contributed by atoms with Crippen LogP contribution in [0.5, 0.6) is 0 Å². The summed E-state index contributed by atoms with van der Waals surface area (Å²) in [5.74, 6) is 0. The number of hydrogen-bond donors (Lipinski definition) is 2. The maximum atomic E-state index is 3.35. The van der Waals surface area contributed by atoms with Crippen LogP contribution in [-0.4, -0.2) is 13.1 Å². The Kier molecular flexibility index (Phi) is 6.77. The van der Waals surface area contributed by atoms with Gasteiger partial charge in [0.2, 0.25) is 0 Å². The highest BCUT2D eigenvalue weighted by Gasteiger charge is 1.94. The van der Waals surface area contributed by atoms with E-state index >= 15 is 0 Å². The van der Waals surface area contributed by atoms with E-state index < -0.39 is 0 Å². The van der Waals surface area contributed by atoms with E-state index in [0.717, 1.165) is 0 Å². The second-order valence-corrected chi connectivity index (χ2v) is 3.43. The summed E-state index contributed by atoms with van der Waals surface area (Å²) >= 11 is 0. The molecule has 0 saturated carbocycles. The second kappa shape index (κ2) is 8.57. The highest BCUT2D eigenvalue weighted by Crippen LogP contribution is 2.00. The van der Waals surface area contributed by atoms with Crippen LogP contribution in [0.25, 0.3) is 0 Å². The Morgan fingerprint density at radius 2 is 1.21 bits per heavy atom. The standard InChI is InChI=1S/C6H13N.C6H7N/c2*1-2-4-6-7-5-3-1/h7H,1-6H2;1-7H. The molecule has 0 radical (unpaired) electrons. The summed E-state index contributed by atoms with van der Waals surface area (Å²) in [6.07, 6.45) is 17.2. The largest absolute Gasteiger partial charge is 0.368 e. The Balaban J connectivity index is 0.000000140. The number of rotatable bonds is 0. The summed E-state index contributed by atoms with van der Waals surface area (Å²) in [5.41, 5.74) is 0. The first-order chi connectivity index (χ1) is 7.00. The molecule has 2 heteroatoms. The second-order valence-electron chi connectivity index (χ2n) is 3.43. The Morgan fingerprint density at radius 3 is 1.79 bits per heavy atom. The van der Waals surface area contributed by atoms with Crippen molar-refractivity contribution in [2.24, 2.45) is 0 Å². The Morgan fingerprint density at radius 1 is 0.643 bits per heavy atom. The quantitative estimate of drug-likeness (QED) is 0.615. The van der Waals surface area contributed by atoms with E-state index in [2.05, 4.69) is 10.6 Å². The number of nitrogens with one attached hydrogen (secondary N) is 2. The highest BCUT2D eigenvalue weighted by molar-refractivity contribution is 5.14. The fourth-order valence-corrected chi connectivity index (χ4v) is 1.38. The minimum Gasteiger partial charge on any atom is -0.368 e. The molecule has 0 aromatic rings. The summed E-state index contributed by atoms with van der Waals surface area (Å²) < 4.78 is 0. The molecule has 0 spiro atoms. The van der Waals surface area contributed by atoms with Crippen molar-refractivity contribution >= 4 is 0 Å². The van der Waals surface area contributed by atoms with E-state index in [0.29, 0.717) is 0 Å². The van der Waals surface area contributed by atoms with Gasteiger partial charge in [-0.3, -0.25) is 0 Å². The Bertz CT molecular complexity index is 171. The molecule has 2 nitrogen and oxygen atoms in total. The molecule has 2 aliphatic rings. The molecule has 78 valence electrons. The van der Waals surface area contributed by atoms with Crippen molar-refractivity contribution in [3.63, 3.8) is 0 Å². The van der Waals surface area contributed by atoms with Gasteiger partial charge in [0.1, 0.15) is 0 Å². The lowest BCUT2D eigenvalue weighted by Gasteiger charge is -1.91. The van der Waals surface area contributed by atoms with Crippen molar-refractivity contribution in [3.8, 4) is 0 Å². The van der Waals surface area contributed by atoms with Crippen LogP contribution in [0.4, 0.5) is 0 Å². The first-order valence-corrected chi connectivity index (χ1v) is 5.45. The van der Waals surface area contributed by atoms with Crippen LogP contribution in [0.3, 0.4) is 0 Å². The van der Waals surface area contributed by atoms with Gasteiger partial charge in [0, 0.05) is 12.4 Å². The first-order valence-electron chi connectivity index (χ1n) is 5.45. The molecular formula is C12H20N2. The third kappa shape index (κ3) is 6.49. The SMILES string of the molecule is C1=CC=CNC=C1.C1CCCNCC1. The molecule has 0 aromatic carbocycles. The van der Waals surface area contributed by atoms with Gasteiger partial charge in [0.15, 0.2) is 0 Å². The molecule has 0 aliphatic carbocycles. The lowest BCUT2D eigenvalue weighted by atomic mass is 10.2. The molecule has 2 aliphatic heterocycles. The van der Waals surface area contributed by atoms with Crippen molar-refractivity contribution in [3.05, 3.63) is 36.7 Å². The van der Waals surface area contributed by atoms with Crippen molar-refractivity contribution in [1.82, 2.24) is 10.6 Å². The van der Waals surface area contributed by atoms with E-state index in [4.69, 9.17) is 0 Å². The average Bonchev–Trinajstić information content (AvgIpc) is 2.68. The fourth-order valence-electron chi connectivity index (χ4n) is 1.38. The van der Waals surface area contributed by atoms with Crippen LogP contribution in [0.15, 0.2) is 36.7 Å². The van der Waals surface area contributed by atoms with Gasteiger partial charge in [-0.05, 0) is 38.1 Å². The third-order valence-corrected chi connectivity index (χ3v) is 2.18. The lowest BCUT2D eigenvalue weighted by Crippen LogP contribution is -2.12. The third-order valence-electron chi connectivity index (χ3n) is 2.18. The van der Waals surface area contributed by atoms with Gasteiger partial charge in [-0.15, -0.1) is 0 Å². The molecule has 1 fully saturated rings. The monoisotopic (exact) mass is 192 g/mol. The van der Waals surface area contributed by atoms with Crippen molar-refractivity contribution in [1.29, 1.82) is 0 Å². The summed E-state index contributed by atoms with van der Waals surface area (Å²) in [6.45, 7) is 2.50. The molecule has 0 atom stereocenters. The zero-order valence-electron chi connectivity index (χ0n) is 8.71. The molecule has 0 amide bonds. The van der Waals surface area contributed by atoms with E-state index in [9.17, 15) is 0 Å². The van der Waals surface area contributed by atoms with Crippen LogP contribution in [0, 0.1) is 0 Å². The van der Waals surface area contributed by atoms with Gasteiger partial charge in [0.05, 0.1) is 0 Å². The number of hydrogen-bond acceptors (Lipinski definition) is 2. The normalized spacial score (nSPS) is 20.0. The minimum absolute atomic E-state index is 1.25. The topological polar surface area (TPSA) is 24.1 Å². The summed E-state index contributed by atoms with van der Waals surface area (Å²) in [7, 11) is 0. The van der Waals surface area contributed by atoms with E-state index in [1.165, 1.54) is 38.8 Å². The lowest BCUT2D eigenvalue weighted by molar-refractivity contribution is 0.702. The molecular weight excluding hydrogens is 172 g/mol. The highest BCUT2D eigenvalue weighted by atomic mass is 14.8. The maximum absolute atomic E-state index is 3.35. The number of allylic oxidation sites excluding steroid dienone is 4. The van der Waals surface area contributed by atoms with Crippen molar-refractivity contribution < 1.29 is 0 Å². The van der Waals surface area contributed by atoms with Crippen LogP contribution in [0.1, 0.15) is 25.7 Å². The predicted molar refractivity (Wildman–Crippen MR) is 61.9 cm³/mol. The van der Waals surface area contributed by atoms with Gasteiger partial charge in [-0.1, -0.05) is 25.0 Å². The maximum Gasteiger partial charge on any atom is 0.000442 e. The molecule has 2 rings (SSSR count). The van der Waals surface area contributed by atoms with Gasteiger partial charge in [0.25, 0.3) is 0 Å². The Hall–Kier alpha value is -1.02. The van der Waals surface area contributed by atoms with Crippen LogP contribution in [-0.2, 0) is 0 Å². The van der Waals surface area contributed by atoms with Gasteiger partial charge in [-0.25, -0.2) is 0 Å². The van der Waals surface area contributed by atoms with Gasteiger partial charge < -0.3 is 10.6 Å². The Labute approximate surface area is 86.8 Å². The van der Waals surface area contributed by atoms with E-state index in [-0.39, 0.29) is 0 Å². The van der Waals surface area contributed by atoms with Gasteiger partial charge >= 0.3 is 0 Å². The van der Waals surface area contributed by atoms with Crippen LogP contribution >= 0.6 is 0 Å². The predicted octanol–water partition coefficient (Wildman–Crippen LogP) is 2.32. The molecule has 0 aromatic heterocycles. The molecule has 0 bridgehead atoms. The smallest absolute Gasteiger partial charge is 0.000442 e. The van der Waals surface area contributed by atoms with Crippen molar-refractivity contribution in [2.75, 3.05) is 13.1 Å². The van der Waals surface area contributed by atoms with Crippen molar-refractivity contribution in [2.45, 2.75) is 25.7 Å². The van der Waals surface area contributed by atoms with Gasteiger partial charge in [-0.2, -0.15) is 0 Å². The zero-order chi connectivity index (χ0) is 9.90. The zero-order valence-corrected chi connectivity index (χ0v) is 8.71. The average molecular weight is 192 g/mol. The summed E-state index contributed by atoms with van der Waals surface area (Å²) in [4.78, 5) is 0.